The van der Waals surface area contributed by atoms with Gasteiger partial charge in [-0.25, -0.2) is 4.79 Å². The van der Waals surface area contributed by atoms with Gasteiger partial charge in [0.1, 0.15) is 11.4 Å². The molecule has 292 valence electrons. The van der Waals surface area contributed by atoms with E-state index in [0.717, 1.165) is 26.2 Å². The number of carbonyl (C=O) groups excluding carboxylic acids is 1. The lowest BCUT2D eigenvalue weighted by molar-refractivity contribution is -0.384. The molecule has 15 nitrogen and oxygen atoms in total. The van der Waals surface area contributed by atoms with Crippen LogP contribution in [0.3, 0.4) is 0 Å². The molecule has 2 rings (SSSR count). The van der Waals surface area contributed by atoms with E-state index >= 15 is 0 Å². The summed E-state index contributed by atoms with van der Waals surface area (Å²) in [5.74, 6) is 0. The molecule has 0 saturated carbocycles. The topological polar surface area (TPSA) is 192 Å². The number of anilines is 4. The monoisotopic (exact) mass is 729 g/mol. The van der Waals surface area contributed by atoms with Gasteiger partial charge in [0.2, 0.25) is 0 Å². The molecule has 15 heteroatoms. The van der Waals surface area contributed by atoms with Gasteiger partial charge >= 0.3 is 6.03 Å². The van der Waals surface area contributed by atoms with Crippen molar-refractivity contribution in [3.63, 3.8) is 0 Å². The summed E-state index contributed by atoms with van der Waals surface area (Å²) < 4.78 is 0. The van der Waals surface area contributed by atoms with E-state index in [1.807, 2.05) is 51.3 Å². The van der Waals surface area contributed by atoms with Crippen LogP contribution in [0.5, 0.6) is 0 Å². The summed E-state index contributed by atoms with van der Waals surface area (Å²) in [6.07, 6.45) is 0. The van der Waals surface area contributed by atoms with E-state index in [2.05, 4.69) is 48.1 Å². The zero-order valence-electron chi connectivity index (χ0n) is 33.2. The fourth-order valence-electron chi connectivity index (χ4n) is 6.10. The third kappa shape index (κ3) is 12.0. The Hall–Kier alpha value is -4.05. The van der Waals surface area contributed by atoms with E-state index in [-0.39, 0.29) is 47.2 Å². The first-order chi connectivity index (χ1) is 24.4. The first-order valence-electron chi connectivity index (χ1n) is 18.4. The number of hydrogen-bond acceptors (Lipinski definition) is 11. The van der Waals surface area contributed by atoms with Crippen molar-refractivity contribution in [3.8, 4) is 0 Å². The maximum Gasteiger partial charge on any atom is 0.323 e. The van der Waals surface area contributed by atoms with Gasteiger partial charge in [0.15, 0.2) is 0 Å². The number of amides is 2. The second-order valence-electron chi connectivity index (χ2n) is 15.0. The highest BCUT2D eigenvalue weighted by Crippen LogP contribution is 2.43. The smallest absolute Gasteiger partial charge is 0.323 e. The number of nitrogens with zero attached hydrogens (tertiary/aromatic N) is 6. The molecule has 6 N–H and O–H groups in total. The molecule has 0 aliphatic heterocycles. The molecule has 0 aliphatic carbocycles. The standard InChI is InChI=1S/C37H64N10O5/c1-11-42(12-2)19-21-44(17-15-38)33-29(23-27(36(5,6)7)25-31(33)46(49)50)40-35(48)41-30-24-28(37(8,9)10)26-32(47(51)52)34(30)45(18-16-39)22-20-43(13-3)14-4/h23-26H,11-22,38-39H2,1-10H3,(H2,40,41,48). The number of benzene rings is 2. The molecule has 0 aromatic heterocycles. The Morgan fingerprint density at radius 3 is 1.19 bits per heavy atom. The van der Waals surface area contributed by atoms with Gasteiger partial charge in [-0.1, -0.05) is 69.2 Å². The Bertz CT molecular complexity index is 1390. The third-order valence-corrected chi connectivity index (χ3v) is 9.39. The normalized spacial score (nSPS) is 12.0. The highest BCUT2D eigenvalue weighted by molar-refractivity contribution is 6.05. The Balaban J connectivity index is 2.83. The van der Waals surface area contributed by atoms with Gasteiger partial charge in [0.25, 0.3) is 11.4 Å². The molecule has 2 amide bonds. The average molecular weight is 729 g/mol. The van der Waals surface area contributed by atoms with E-state index in [9.17, 15) is 25.0 Å². The maximum atomic E-state index is 14.2. The Morgan fingerprint density at radius 1 is 0.615 bits per heavy atom. The van der Waals surface area contributed by atoms with Crippen LogP contribution >= 0.6 is 0 Å². The molecule has 2 aromatic rings. The quantitative estimate of drug-likeness (QED) is 0.0930. The zero-order valence-corrected chi connectivity index (χ0v) is 33.2. The van der Waals surface area contributed by atoms with Crippen LogP contribution in [0.25, 0.3) is 0 Å². The number of carbonyl (C=O) groups is 1. The number of nitrogens with two attached hydrogens (primary N) is 2. The third-order valence-electron chi connectivity index (χ3n) is 9.39. The van der Waals surface area contributed by atoms with Crippen LogP contribution in [-0.2, 0) is 10.8 Å². The zero-order chi connectivity index (χ0) is 39.4. The first-order valence-corrected chi connectivity index (χ1v) is 18.4. The van der Waals surface area contributed by atoms with Crippen molar-refractivity contribution in [2.75, 3.05) is 99.0 Å². The van der Waals surface area contributed by atoms with Crippen LogP contribution in [0.2, 0.25) is 0 Å². The van der Waals surface area contributed by atoms with Crippen LogP contribution in [0.4, 0.5) is 38.9 Å². The Labute approximate surface area is 310 Å². The molecule has 0 bridgehead atoms. The highest BCUT2D eigenvalue weighted by atomic mass is 16.6. The van der Waals surface area contributed by atoms with Gasteiger partial charge in [-0.3, -0.25) is 20.2 Å². The van der Waals surface area contributed by atoms with Crippen molar-refractivity contribution >= 4 is 40.2 Å². The minimum atomic E-state index is -0.698. The molecule has 0 aliphatic rings. The fourth-order valence-corrected chi connectivity index (χ4v) is 6.10. The van der Waals surface area contributed by atoms with Gasteiger partial charge in [-0.2, -0.15) is 0 Å². The predicted molar refractivity (Wildman–Crippen MR) is 214 cm³/mol. The number of nitro benzene ring substituents is 2. The van der Waals surface area contributed by atoms with Crippen LogP contribution < -0.4 is 31.9 Å². The van der Waals surface area contributed by atoms with Crippen molar-refractivity contribution in [1.29, 1.82) is 0 Å². The van der Waals surface area contributed by atoms with Gasteiger partial charge in [0.05, 0.1) is 21.2 Å². The second-order valence-corrected chi connectivity index (χ2v) is 15.0. The Kier molecular flexibility index (Phi) is 16.7. The van der Waals surface area contributed by atoms with Crippen molar-refractivity contribution < 1.29 is 14.6 Å². The summed E-state index contributed by atoms with van der Waals surface area (Å²) in [5.41, 5.74) is 13.1. The summed E-state index contributed by atoms with van der Waals surface area (Å²) in [6.45, 7) is 26.4. The van der Waals surface area contributed by atoms with E-state index in [4.69, 9.17) is 11.5 Å². The summed E-state index contributed by atoms with van der Waals surface area (Å²) in [4.78, 5) is 46.8. The van der Waals surface area contributed by atoms with Crippen LogP contribution in [-0.4, -0.2) is 104 Å². The number of rotatable bonds is 20. The molecule has 52 heavy (non-hydrogen) atoms. The number of nitrogens with one attached hydrogen (secondary N) is 2. The van der Waals surface area contributed by atoms with Crippen LogP contribution in [0, 0.1) is 20.2 Å². The van der Waals surface area contributed by atoms with Crippen LogP contribution in [0.1, 0.15) is 80.4 Å². The number of hydrogen-bond donors (Lipinski definition) is 4. The minimum Gasteiger partial charge on any atom is -0.362 e. The summed E-state index contributed by atoms with van der Waals surface area (Å²) in [6, 6.07) is 5.96. The van der Waals surface area contributed by atoms with E-state index < -0.39 is 26.7 Å². The van der Waals surface area contributed by atoms with Gasteiger partial charge in [-0.15, -0.1) is 0 Å². The number of nitro groups is 2. The molecule has 0 atom stereocenters. The average Bonchev–Trinajstić information content (AvgIpc) is 3.06. The molecule has 0 saturated heterocycles. The van der Waals surface area contributed by atoms with Crippen molar-refractivity contribution in [3.05, 3.63) is 55.6 Å². The fraction of sp³-hybridized carbons (Fsp3) is 0.649. The summed E-state index contributed by atoms with van der Waals surface area (Å²) >= 11 is 0. The molecular weight excluding hydrogens is 664 g/mol. The molecule has 0 spiro atoms. The minimum absolute atomic E-state index is 0.146. The largest absolute Gasteiger partial charge is 0.362 e. The summed E-state index contributed by atoms with van der Waals surface area (Å²) in [7, 11) is 0. The van der Waals surface area contributed by atoms with E-state index in [0.29, 0.717) is 50.4 Å². The molecule has 0 radical (unpaired) electrons. The molecule has 2 aromatic carbocycles. The molecule has 0 fully saturated rings. The Morgan fingerprint density at radius 2 is 0.942 bits per heavy atom. The van der Waals surface area contributed by atoms with Gasteiger partial charge in [-0.05, 0) is 60.3 Å². The van der Waals surface area contributed by atoms with Crippen LogP contribution in [0.15, 0.2) is 24.3 Å². The van der Waals surface area contributed by atoms with Crippen molar-refractivity contribution in [2.24, 2.45) is 11.5 Å². The predicted octanol–water partition coefficient (Wildman–Crippen LogP) is 5.96. The summed E-state index contributed by atoms with van der Waals surface area (Å²) in [5, 5.41) is 31.2. The first kappa shape index (κ1) is 44.1. The molecule has 0 heterocycles. The molecular formula is C37H64N10O5. The molecule has 0 unspecified atom stereocenters. The van der Waals surface area contributed by atoms with Gasteiger partial charge < -0.3 is 41.7 Å². The van der Waals surface area contributed by atoms with Crippen molar-refractivity contribution in [2.45, 2.75) is 80.1 Å². The number of urea groups is 1. The number of likely N-dealkylation sites (N-methyl/N-ethyl adjacent to an activating group) is 2. The lowest BCUT2D eigenvalue weighted by atomic mass is 9.86. The highest BCUT2D eigenvalue weighted by Gasteiger charge is 2.31. The SMILES string of the molecule is CCN(CC)CCN(CCN)c1c(NC(=O)Nc2cc(C(C)(C)C)cc([N+](=O)[O-])c2N(CCN)CCN(CC)CC)cc(C(C)(C)C)cc1[N+](=O)[O-]. The van der Waals surface area contributed by atoms with E-state index in [1.165, 1.54) is 0 Å². The maximum absolute atomic E-state index is 14.2. The lowest BCUT2D eigenvalue weighted by Crippen LogP contribution is -2.39. The van der Waals surface area contributed by atoms with E-state index in [1.54, 1.807) is 24.3 Å². The lowest BCUT2D eigenvalue weighted by Gasteiger charge is -2.31. The van der Waals surface area contributed by atoms with Crippen molar-refractivity contribution in [1.82, 2.24) is 9.80 Å². The van der Waals surface area contributed by atoms with Gasteiger partial charge in [0, 0.05) is 64.5 Å². The second kappa shape index (κ2) is 19.7.